The Hall–Kier alpha value is -1.10. The molecule has 1 saturated carbocycles. The van der Waals surface area contributed by atoms with Crippen LogP contribution in [0.5, 0.6) is 0 Å². The predicted molar refractivity (Wildman–Crippen MR) is 90.3 cm³/mol. The van der Waals surface area contributed by atoms with Crippen LogP contribution in [0.15, 0.2) is 0 Å². The van der Waals surface area contributed by atoms with Gasteiger partial charge in [-0.25, -0.2) is 0 Å². The van der Waals surface area contributed by atoms with E-state index in [-0.39, 0.29) is 18.5 Å². The average molecular weight is 324 g/mol. The van der Waals surface area contributed by atoms with Gasteiger partial charge in [-0.3, -0.25) is 14.5 Å². The Bertz CT molecular complexity index is 392. The molecule has 0 bridgehead atoms. The molecule has 1 heterocycles. The lowest BCUT2D eigenvalue weighted by Gasteiger charge is -2.28. The summed E-state index contributed by atoms with van der Waals surface area (Å²) < 4.78 is 0. The van der Waals surface area contributed by atoms with E-state index in [1.807, 2.05) is 11.9 Å². The van der Waals surface area contributed by atoms with Crippen molar-refractivity contribution >= 4 is 11.9 Å². The van der Waals surface area contributed by atoms with Crippen LogP contribution in [-0.4, -0.2) is 59.5 Å². The SMILES string of the molecule is CN(CC(=O)O)[C@@H]1CCCN(C(=O)C2CCCCCCC2)CC1. The van der Waals surface area contributed by atoms with E-state index in [9.17, 15) is 9.59 Å². The summed E-state index contributed by atoms with van der Waals surface area (Å²) in [6.07, 6.45) is 11.2. The maximum Gasteiger partial charge on any atom is 0.317 e. The maximum atomic E-state index is 12.8. The van der Waals surface area contributed by atoms with Crippen molar-refractivity contribution in [1.29, 1.82) is 0 Å². The van der Waals surface area contributed by atoms with Crippen LogP contribution in [0, 0.1) is 5.92 Å². The van der Waals surface area contributed by atoms with Crippen LogP contribution in [0.3, 0.4) is 0 Å². The number of likely N-dealkylation sites (tertiary alicyclic amines) is 1. The number of carboxylic acid groups (broad SMARTS) is 1. The number of carbonyl (C=O) groups is 2. The van der Waals surface area contributed by atoms with Gasteiger partial charge in [0.2, 0.25) is 5.91 Å². The van der Waals surface area contributed by atoms with Gasteiger partial charge in [0.25, 0.3) is 0 Å². The molecule has 1 aliphatic heterocycles. The third-order valence-electron chi connectivity index (χ3n) is 5.47. The Labute approximate surface area is 140 Å². The summed E-state index contributed by atoms with van der Waals surface area (Å²) in [5, 5.41) is 8.94. The number of aliphatic carboxylic acids is 1. The zero-order valence-electron chi connectivity index (χ0n) is 14.5. The Kier molecular flexibility index (Phi) is 7.34. The minimum absolute atomic E-state index is 0.0846. The number of carboxylic acids is 1. The fourth-order valence-corrected chi connectivity index (χ4v) is 4.04. The van der Waals surface area contributed by atoms with E-state index in [2.05, 4.69) is 4.90 Å². The lowest BCUT2D eigenvalue weighted by molar-refractivity contribution is -0.139. The molecule has 0 radical (unpaired) electrons. The second-order valence-corrected chi connectivity index (χ2v) is 7.26. The van der Waals surface area contributed by atoms with E-state index in [1.54, 1.807) is 0 Å². The summed E-state index contributed by atoms with van der Waals surface area (Å²) in [5.74, 6) is -0.198. The van der Waals surface area contributed by atoms with Crippen molar-refractivity contribution in [2.45, 2.75) is 70.3 Å². The van der Waals surface area contributed by atoms with E-state index in [4.69, 9.17) is 5.11 Å². The highest BCUT2D eigenvalue weighted by molar-refractivity contribution is 5.78. The first-order valence-corrected chi connectivity index (χ1v) is 9.28. The van der Waals surface area contributed by atoms with Crippen molar-refractivity contribution in [3.8, 4) is 0 Å². The number of likely N-dealkylation sites (N-methyl/N-ethyl adjacent to an activating group) is 1. The van der Waals surface area contributed by atoms with Crippen molar-refractivity contribution in [2.75, 3.05) is 26.7 Å². The van der Waals surface area contributed by atoms with Crippen molar-refractivity contribution in [3.63, 3.8) is 0 Å². The number of hydrogen-bond acceptors (Lipinski definition) is 3. The smallest absolute Gasteiger partial charge is 0.317 e. The number of amides is 1. The van der Waals surface area contributed by atoms with Crippen LogP contribution in [0.1, 0.15) is 64.2 Å². The maximum absolute atomic E-state index is 12.8. The quantitative estimate of drug-likeness (QED) is 0.864. The van der Waals surface area contributed by atoms with Gasteiger partial charge in [-0.05, 0) is 39.2 Å². The molecule has 2 aliphatic rings. The minimum Gasteiger partial charge on any atom is -0.480 e. The highest BCUT2D eigenvalue weighted by Crippen LogP contribution is 2.25. The molecule has 5 nitrogen and oxygen atoms in total. The van der Waals surface area contributed by atoms with Crippen LogP contribution in [0.25, 0.3) is 0 Å². The fourth-order valence-electron chi connectivity index (χ4n) is 4.04. The molecule has 1 N–H and O–H groups in total. The average Bonchev–Trinajstić information content (AvgIpc) is 2.71. The standard InChI is InChI=1S/C18H32N2O3/c1-19(14-17(21)22)16-10-7-12-20(13-11-16)18(23)15-8-5-3-2-4-6-9-15/h15-16H,2-14H2,1H3,(H,21,22)/t16-/m1/s1. The van der Waals surface area contributed by atoms with Gasteiger partial charge >= 0.3 is 5.97 Å². The summed E-state index contributed by atoms with van der Waals surface area (Å²) in [6.45, 7) is 1.71. The van der Waals surface area contributed by atoms with Gasteiger partial charge in [0.1, 0.15) is 0 Å². The zero-order valence-corrected chi connectivity index (χ0v) is 14.5. The lowest BCUT2D eigenvalue weighted by Crippen LogP contribution is -2.39. The molecular formula is C18H32N2O3. The summed E-state index contributed by atoms with van der Waals surface area (Å²) in [4.78, 5) is 27.7. The first kappa shape index (κ1) is 18.2. The zero-order chi connectivity index (χ0) is 16.7. The third kappa shape index (κ3) is 5.79. The normalized spacial score (nSPS) is 24.8. The summed E-state index contributed by atoms with van der Waals surface area (Å²) in [5.41, 5.74) is 0. The fraction of sp³-hybridized carbons (Fsp3) is 0.889. The van der Waals surface area contributed by atoms with Gasteiger partial charge in [0.05, 0.1) is 6.54 Å². The van der Waals surface area contributed by atoms with E-state index < -0.39 is 5.97 Å². The molecule has 132 valence electrons. The Morgan fingerprint density at radius 3 is 2.26 bits per heavy atom. The molecule has 5 heteroatoms. The molecule has 0 unspecified atom stereocenters. The van der Waals surface area contributed by atoms with Crippen LogP contribution in [0.4, 0.5) is 0 Å². The number of rotatable bonds is 4. The van der Waals surface area contributed by atoms with Gasteiger partial charge in [0.15, 0.2) is 0 Å². The summed E-state index contributed by atoms with van der Waals surface area (Å²) >= 11 is 0. The van der Waals surface area contributed by atoms with E-state index >= 15 is 0 Å². The number of nitrogens with zero attached hydrogens (tertiary/aromatic N) is 2. The molecule has 1 amide bonds. The molecule has 1 aliphatic carbocycles. The summed E-state index contributed by atoms with van der Waals surface area (Å²) in [7, 11) is 1.88. The number of carbonyl (C=O) groups excluding carboxylic acids is 1. The van der Waals surface area contributed by atoms with Crippen molar-refractivity contribution in [3.05, 3.63) is 0 Å². The molecule has 1 atom stereocenters. The Balaban J connectivity index is 1.86. The Morgan fingerprint density at radius 2 is 1.61 bits per heavy atom. The van der Waals surface area contributed by atoms with Gasteiger partial charge in [-0.1, -0.05) is 32.1 Å². The second-order valence-electron chi connectivity index (χ2n) is 7.26. The van der Waals surface area contributed by atoms with Crippen LogP contribution in [0.2, 0.25) is 0 Å². The van der Waals surface area contributed by atoms with Crippen molar-refractivity contribution in [2.24, 2.45) is 5.92 Å². The molecule has 0 aromatic rings. The van der Waals surface area contributed by atoms with Gasteiger partial charge in [-0.2, -0.15) is 0 Å². The first-order chi connectivity index (χ1) is 11.1. The molecule has 1 saturated heterocycles. The van der Waals surface area contributed by atoms with E-state index in [0.29, 0.717) is 5.91 Å². The van der Waals surface area contributed by atoms with Gasteiger partial charge in [-0.15, -0.1) is 0 Å². The first-order valence-electron chi connectivity index (χ1n) is 9.28. The molecule has 2 rings (SSSR count). The van der Waals surface area contributed by atoms with Crippen molar-refractivity contribution < 1.29 is 14.7 Å². The lowest BCUT2D eigenvalue weighted by atomic mass is 9.90. The van der Waals surface area contributed by atoms with Crippen LogP contribution >= 0.6 is 0 Å². The van der Waals surface area contributed by atoms with Gasteiger partial charge < -0.3 is 10.0 Å². The monoisotopic (exact) mass is 324 g/mol. The molecule has 2 fully saturated rings. The summed E-state index contributed by atoms with van der Waals surface area (Å²) in [6, 6.07) is 0.279. The van der Waals surface area contributed by atoms with Gasteiger partial charge in [0, 0.05) is 25.0 Å². The Morgan fingerprint density at radius 1 is 0.957 bits per heavy atom. The van der Waals surface area contributed by atoms with E-state index in [1.165, 1.54) is 32.1 Å². The largest absolute Gasteiger partial charge is 0.480 e. The van der Waals surface area contributed by atoms with Crippen LogP contribution < -0.4 is 0 Å². The molecular weight excluding hydrogens is 292 g/mol. The molecule has 0 spiro atoms. The highest BCUT2D eigenvalue weighted by Gasteiger charge is 2.28. The predicted octanol–water partition coefficient (Wildman–Crippen LogP) is 2.74. The highest BCUT2D eigenvalue weighted by atomic mass is 16.4. The van der Waals surface area contributed by atoms with E-state index in [0.717, 1.165) is 45.2 Å². The molecule has 23 heavy (non-hydrogen) atoms. The molecule has 0 aromatic carbocycles. The minimum atomic E-state index is -0.779. The third-order valence-corrected chi connectivity index (χ3v) is 5.47. The van der Waals surface area contributed by atoms with Crippen LogP contribution in [-0.2, 0) is 9.59 Å². The second kappa shape index (κ2) is 9.26. The topological polar surface area (TPSA) is 60.9 Å². The number of hydrogen-bond donors (Lipinski definition) is 1. The van der Waals surface area contributed by atoms with Crippen molar-refractivity contribution in [1.82, 2.24) is 9.80 Å². The molecule has 0 aromatic heterocycles.